The van der Waals surface area contributed by atoms with Crippen LogP contribution in [0.3, 0.4) is 0 Å². The Hall–Kier alpha value is -2.10. The first-order valence-corrected chi connectivity index (χ1v) is 7.61. The Morgan fingerprint density at radius 1 is 1.38 bits per heavy atom. The van der Waals surface area contributed by atoms with E-state index in [2.05, 4.69) is 21.2 Å². The molecule has 0 radical (unpaired) electrons. The van der Waals surface area contributed by atoms with Gasteiger partial charge in [0, 0.05) is 15.0 Å². The predicted octanol–water partition coefficient (Wildman–Crippen LogP) is 4.06. The summed E-state index contributed by atoms with van der Waals surface area (Å²) in [6.07, 6.45) is 1.56. The van der Waals surface area contributed by atoms with E-state index in [0.29, 0.717) is 11.4 Å². The molecule has 21 heavy (non-hydrogen) atoms. The largest absolute Gasteiger partial charge is 0.497 e. The van der Waals surface area contributed by atoms with Gasteiger partial charge in [0.2, 0.25) is 0 Å². The van der Waals surface area contributed by atoms with Crippen molar-refractivity contribution in [2.24, 2.45) is 0 Å². The van der Waals surface area contributed by atoms with Crippen molar-refractivity contribution in [1.82, 2.24) is 0 Å². The van der Waals surface area contributed by atoms with Crippen molar-refractivity contribution in [2.75, 3.05) is 12.4 Å². The van der Waals surface area contributed by atoms with E-state index in [4.69, 9.17) is 10.00 Å². The molecule has 4 nitrogen and oxygen atoms in total. The monoisotopic (exact) mass is 362 g/mol. The molecule has 0 saturated carbocycles. The van der Waals surface area contributed by atoms with Crippen LogP contribution in [0.4, 0.5) is 5.69 Å². The summed E-state index contributed by atoms with van der Waals surface area (Å²) >= 11 is 4.82. The van der Waals surface area contributed by atoms with E-state index in [0.717, 1.165) is 9.35 Å². The molecule has 0 aliphatic carbocycles. The summed E-state index contributed by atoms with van der Waals surface area (Å²) < 4.78 is 5.90. The fraction of sp³-hybridized carbons (Fsp3) is 0.0667. The Balaban J connectivity index is 2.15. The first-order chi connectivity index (χ1) is 10.1. The third kappa shape index (κ3) is 3.94. The van der Waals surface area contributed by atoms with Gasteiger partial charge < -0.3 is 10.1 Å². The molecule has 0 unspecified atom stereocenters. The summed E-state index contributed by atoms with van der Waals surface area (Å²) in [7, 11) is 1.57. The number of halogens is 1. The average molecular weight is 363 g/mol. The van der Waals surface area contributed by atoms with Crippen LogP contribution in [0.2, 0.25) is 0 Å². The molecule has 0 atom stereocenters. The Kier molecular flexibility index (Phi) is 5.14. The zero-order chi connectivity index (χ0) is 15.2. The number of anilines is 1. The van der Waals surface area contributed by atoms with E-state index in [1.54, 1.807) is 37.5 Å². The van der Waals surface area contributed by atoms with Gasteiger partial charge in [0.15, 0.2) is 0 Å². The van der Waals surface area contributed by atoms with Gasteiger partial charge in [-0.3, -0.25) is 4.79 Å². The van der Waals surface area contributed by atoms with Gasteiger partial charge in [-0.05, 0) is 57.7 Å². The molecule has 106 valence electrons. The fourth-order valence-corrected chi connectivity index (χ4v) is 2.98. The number of carbonyl (C=O) groups is 1. The molecule has 1 aromatic heterocycles. The third-order valence-corrected chi connectivity index (χ3v) is 4.45. The first-order valence-electron chi connectivity index (χ1n) is 5.94. The maximum atomic E-state index is 12.1. The van der Waals surface area contributed by atoms with E-state index < -0.39 is 5.91 Å². The first kappa shape index (κ1) is 15.3. The molecule has 2 aromatic rings. The molecule has 0 spiro atoms. The van der Waals surface area contributed by atoms with Crippen molar-refractivity contribution in [3.8, 4) is 11.8 Å². The van der Waals surface area contributed by atoms with Crippen LogP contribution in [-0.4, -0.2) is 13.0 Å². The van der Waals surface area contributed by atoms with Gasteiger partial charge in [-0.2, -0.15) is 5.26 Å². The summed E-state index contributed by atoms with van der Waals surface area (Å²) in [6, 6.07) is 10.7. The number of thiophene rings is 1. The van der Waals surface area contributed by atoms with Gasteiger partial charge in [0.05, 0.1) is 7.11 Å². The minimum atomic E-state index is -0.442. The fourth-order valence-electron chi connectivity index (χ4n) is 1.56. The maximum absolute atomic E-state index is 12.1. The van der Waals surface area contributed by atoms with E-state index >= 15 is 0 Å². The molecule has 6 heteroatoms. The molecule has 0 aliphatic heterocycles. The molecule has 0 bridgehead atoms. The smallest absolute Gasteiger partial charge is 0.266 e. The molecule has 2 rings (SSSR count). The SMILES string of the molecule is COc1ccc(NC(=O)/C(C#N)=C/c2sccc2Br)cc1. The summed E-state index contributed by atoms with van der Waals surface area (Å²) in [5, 5.41) is 13.7. The van der Waals surface area contributed by atoms with E-state index in [1.807, 2.05) is 17.5 Å². The van der Waals surface area contributed by atoms with Crippen LogP contribution in [0.5, 0.6) is 5.75 Å². The second-order valence-corrected chi connectivity index (χ2v) is 5.79. The second kappa shape index (κ2) is 7.07. The second-order valence-electron chi connectivity index (χ2n) is 3.99. The molecule has 1 N–H and O–H groups in total. The van der Waals surface area contributed by atoms with Crippen molar-refractivity contribution < 1.29 is 9.53 Å². The highest BCUT2D eigenvalue weighted by molar-refractivity contribution is 9.10. The number of carbonyl (C=O) groups excluding carboxylic acids is 1. The van der Waals surface area contributed by atoms with Crippen molar-refractivity contribution in [3.63, 3.8) is 0 Å². The molecule has 1 amide bonds. The minimum absolute atomic E-state index is 0.0500. The molecule has 1 aromatic carbocycles. The Labute approximate surface area is 134 Å². The van der Waals surface area contributed by atoms with Crippen LogP contribution >= 0.6 is 27.3 Å². The number of nitrogens with one attached hydrogen (secondary N) is 1. The van der Waals surface area contributed by atoms with Crippen LogP contribution in [0.1, 0.15) is 4.88 Å². The number of hydrogen-bond acceptors (Lipinski definition) is 4. The van der Waals surface area contributed by atoms with Gasteiger partial charge >= 0.3 is 0 Å². The van der Waals surface area contributed by atoms with Crippen LogP contribution in [0.15, 0.2) is 45.8 Å². The molecule has 0 fully saturated rings. The summed E-state index contributed by atoms with van der Waals surface area (Å²) in [4.78, 5) is 12.9. The molecule has 0 aliphatic rings. The quantitative estimate of drug-likeness (QED) is 0.658. The number of nitrogens with zero attached hydrogens (tertiary/aromatic N) is 1. The number of ether oxygens (including phenoxy) is 1. The Bertz CT molecular complexity index is 714. The zero-order valence-electron chi connectivity index (χ0n) is 11.1. The highest BCUT2D eigenvalue weighted by Gasteiger charge is 2.11. The third-order valence-electron chi connectivity index (χ3n) is 2.63. The number of hydrogen-bond donors (Lipinski definition) is 1. The topological polar surface area (TPSA) is 62.1 Å². The molecular formula is C15H11BrN2O2S. The van der Waals surface area contributed by atoms with Crippen molar-refractivity contribution in [3.05, 3.63) is 50.6 Å². The standard InChI is InChI=1S/C15H11BrN2O2S/c1-20-12-4-2-11(3-5-12)18-15(19)10(9-17)8-14-13(16)6-7-21-14/h2-8H,1H3,(H,18,19)/b10-8+. The Morgan fingerprint density at radius 2 is 2.10 bits per heavy atom. The van der Waals surface area contributed by atoms with E-state index in [-0.39, 0.29) is 5.57 Å². The minimum Gasteiger partial charge on any atom is -0.497 e. The molecular weight excluding hydrogens is 352 g/mol. The van der Waals surface area contributed by atoms with Gasteiger partial charge in [-0.1, -0.05) is 0 Å². The summed E-state index contributed by atoms with van der Waals surface area (Å²) in [5.41, 5.74) is 0.654. The van der Waals surface area contributed by atoms with Gasteiger partial charge in [-0.25, -0.2) is 0 Å². The van der Waals surface area contributed by atoms with Crippen LogP contribution in [0, 0.1) is 11.3 Å². The number of methoxy groups -OCH3 is 1. The van der Waals surface area contributed by atoms with Crippen LogP contribution in [0.25, 0.3) is 6.08 Å². The highest BCUT2D eigenvalue weighted by Crippen LogP contribution is 2.25. The van der Waals surface area contributed by atoms with Crippen LogP contribution in [-0.2, 0) is 4.79 Å². The normalized spacial score (nSPS) is 10.8. The lowest BCUT2D eigenvalue weighted by Gasteiger charge is -2.05. The average Bonchev–Trinajstić information content (AvgIpc) is 2.90. The lowest BCUT2D eigenvalue weighted by Crippen LogP contribution is -2.13. The molecule has 0 saturated heterocycles. The predicted molar refractivity (Wildman–Crippen MR) is 87.2 cm³/mol. The number of nitriles is 1. The lowest BCUT2D eigenvalue weighted by atomic mass is 10.2. The highest BCUT2D eigenvalue weighted by atomic mass is 79.9. The number of benzene rings is 1. The zero-order valence-corrected chi connectivity index (χ0v) is 13.5. The van der Waals surface area contributed by atoms with Crippen LogP contribution < -0.4 is 10.1 Å². The van der Waals surface area contributed by atoms with Crippen molar-refractivity contribution in [2.45, 2.75) is 0 Å². The van der Waals surface area contributed by atoms with Gasteiger partial charge in [-0.15, -0.1) is 11.3 Å². The summed E-state index contributed by atoms with van der Waals surface area (Å²) in [6.45, 7) is 0. The van der Waals surface area contributed by atoms with Crippen molar-refractivity contribution >= 4 is 44.9 Å². The lowest BCUT2D eigenvalue weighted by molar-refractivity contribution is -0.112. The van der Waals surface area contributed by atoms with Crippen molar-refractivity contribution in [1.29, 1.82) is 5.26 Å². The van der Waals surface area contributed by atoms with E-state index in [9.17, 15) is 4.79 Å². The number of rotatable bonds is 4. The molecule has 1 heterocycles. The van der Waals surface area contributed by atoms with E-state index in [1.165, 1.54) is 11.3 Å². The summed E-state index contributed by atoms with van der Waals surface area (Å²) in [5.74, 6) is 0.259. The number of amides is 1. The Morgan fingerprint density at radius 3 is 2.62 bits per heavy atom. The van der Waals surface area contributed by atoms with Gasteiger partial charge in [0.1, 0.15) is 17.4 Å². The van der Waals surface area contributed by atoms with Gasteiger partial charge in [0.25, 0.3) is 5.91 Å². The maximum Gasteiger partial charge on any atom is 0.266 e.